The van der Waals surface area contributed by atoms with E-state index in [-0.39, 0.29) is 18.4 Å². The first kappa shape index (κ1) is 16.2. The van der Waals surface area contributed by atoms with Gasteiger partial charge in [0.1, 0.15) is 5.69 Å². The fourth-order valence-electron chi connectivity index (χ4n) is 3.08. The van der Waals surface area contributed by atoms with Gasteiger partial charge in [0, 0.05) is 31.7 Å². The number of fused-ring (bicyclic) bond motifs is 1. The molecule has 3 heterocycles. The number of piperazine rings is 1. The van der Waals surface area contributed by atoms with Gasteiger partial charge in [-0.05, 0) is 30.3 Å². The topological polar surface area (TPSA) is 92.2 Å². The van der Waals surface area contributed by atoms with Crippen molar-refractivity contribution >= 4 is 17.6 Å². The first-order chi connectivity index (χ1) is 12.6. The largest absolute Gasteiger partial charge is 0.477 e. The molecular weight excluding hydrogens is 338 g/mol. The number of anilines is 1. The van der Waals surface area contributed by atoms with Crippen LogP contribution in [0.2, 0.25) is 0 Å². The van der Waals surface area contributed by atoms with Gasteiger partial charge in [-0.2, -0.15) is 0 Å². The van der Waals surface area contributed by atoms with Crippen molar-refractivity contribution in [3.8, 4) is 11.5 Å². The molecular formula is C18H17N3O5. The Morgan fingerprint density at radius 2 is 1.77 bits per heavy atom. The zero-order valence-electron chi connectivity index (χ0n) is 13.9. The van der Waals surface area contributed by atoms with E-state index in [1.54, 1.807) is 35.4 Å². The zero-order chi connectivity index (χ0) is 18.1. The average molecular weight is 355 g/mol. The van der Waals surface area contributed by atoms with E-state index < -0.39 is 5.97 Å². The quantitative estimate of drug-likeness (QED) is 0.891. The summed E-state index contributed by atoms with van der Waals surface area (Å²) in [7, 11) is 0. The molecule has 1 amide bonds. The van der Waals surface area contributed by atoms with Crippen molar-refractivity contribution in [2.24, 2.45) is 0 Å². The Bertz CT molecular complexity index is 844. The number of pyridine rings is 1. The van der Waals surface area contributed by atoms with Crippen molar-refractivity contribution in [2.45, 2.75) is 0 Å². The Morgan fingerprint density at radius 3 is 2.46 bits per heavy atom. The van der Waals surface area contributed by atoms with Crippen molar-refractivity contribution in [1.29, 1.82) is 0 Å². The number of carboxylic acid groups (broad SMARTS) is 1. The Hall–Kier alpha value is -3.29. The third-order valence-corrected chi connectivity index (χ3v) is 4.52. The summed E-state index contributed by atoms with van der Waals surface area (Å²) in [6.07, 6.45) is 1.55. The third-order valence-electron chi connectivity index (χ3n) is 4.52. The van der Waals surface area contributed by atoms with E-state index in [1.807, 2.05) is 0 Å². The second-order valence-corrected chi connectivity index (χ2v) is 6.05. The Labute approximate surface area is 149 Å². The predicted octanol–water partition coefficient (Wildman–Crippen LogP) is 1.47. The highest BCUT2D eigenvalue weighted by Gasteiger charge is 2.24. The molecule has 2 aliphatic heterocycles. The molecule has 0 unspecified atom stereocenters. The fraction of sp³-hybridized carbons (Fsp3) is 0.278. The van der Waals surface area contributed by atoms with E-state index in [9.17, 15) is 9.59 Å². The maximum atomic E-state index is 12.7. The molecule has 8 heteroatoms. The number of hydrogen-bond donors (Lipinski definition) is 1. The lowest BCUT2D eigenvalue weighted by atomic mass is 10.1. The Balaban J connectivity index is 1.40. The molecule has 26 heavy (non-hydrogen) atoms. The summed E-state index contributed by atoms with van der Waals surface area (Å²) in [5.74, 6) is 0.167. The molecule has 134 valence electrons. The monoisotopic (exact) mass is 355 g/mol. The number of benzene rings is 1. The summed E-state index contributed by atoms with van der Waals surface area (Å²) < 4.78 is 10.6. The molecule has 2 aliphatic rings. The van der Waals surface area contributed by atoms with E-state index in [1.165, 1.54) is 6.07 Å². The normalized spacial score (nSPS) is 15.8. The summed E-state index contributed by atoms with van der Waals surface area (Å²) in [5, 5.41) is 8.91. The van der Waals surface area contributed by atoms with E-state index in [2.05, 4.69) is 9.88 Å². The number of ether oxygens (including phenoxy) is 2. The van der Waals surface area contributed by atoms with Gasteiger partial charge < -0.3 is 24.4 Å². The molecule has 1 aromatic carbocycles. The number of carboxylic acids is 1. The molecule has 0 saturated carbocycles. The van der Waals surface area contributed by atoms with Gasteiger partial charge in [-0.15, -0.1) is 0 Å². The lowest BCUT2D eigenvalue weighted by Crippen LogP contribution is -2.48. The molecule has 1 N–H and O–H groups in total. The van der Waals surface area contributed by atoms with Crippen molar-refractivity contribution in [1.82, 2.24) is 9.88 Å². The number of aromatic nitrogens is 1. The van der Waals surface area contributed by atoms with Crippen LogP contribution in [0.3, 0.4) is 0 Å². The number of amides is 1. The molecule has 0 bridgehead atoms. The third kappa shape index (κ3) is 3.01. The predicted molar refractivity (Wildman–Crippen MR) is 91.9 cm³/mol. The average Bonchev–Trinajstić information content (AvgIpc) is 3.15. The highest BCUT2D eigenvalue weighted by molar-refractivity contribution is 5.95. The summed E-state index contributed by atoms with van der Waals surface area (Å²) >= 11 is 0. The van der Waals surface area contributed by atoms with Crippen LogP contribution >= 0.6 is 0 Å². The van der Waals surface area contributed by atoms with E-state index in [4.69, 9.17) is 14.6 Å². The number of carbonyl (C=O) groups is 2. The first-order valence-corrected chi connectivity index (χ1v) is 8.25. The molecule has 0 atom stereocenters. The maximum absolute atomic E-state index is 12.7. The number of carbonyl (C=O) groups excluding carboxylic acids is 1. The van der Waals surface area contributed by atoms with Crippen LogP contribution in [0, 0.1) is 0 Å². The van der Waals surface area contributed by atoms with Crippen molar-refractivity contribution in [2.75, 3.05) is 37.9 Å². The lowest BCUT2D eigenvalue weighted by molar-refractivity contribution is 0.0688. The molecule has 1 saturated heterocycles. The lowest BCUT2D eigenvalue weighted by Gasteiger charge is -2.36. The summed E-state index contributed by atoms with van der Waals surface area (Å²) in [6, 6.07) is 8.44. The van der Waals surface area contributed by atoms with Crippen LogP contribution in [0.25, 0.3) is 0 Å². The van der Waals surface area contributed by atoms with Crippen LogP contribution in [0.15, 0.2) is 36.5 Å². The number of aromatic carboxylic acids is 1. The van der Waals surface area contributed by atoms with Crippen molar-refractivity contribution in [3.05, 3.63) is 47.8 Å². The van der Waals surface area contributed by atoms with Crippen LogP contribution < -0.4 is 14.4 Å². The van der Waals surface area contributed by atoms with Gasteiger partial charge in [0.15, 0.2) is 11.5 Å². The second-order valence-electron chi connectivity index (χ2n) is 6.05. The van der Waals surface area contributed by atoms with Gasteiger partial charge in [-0.25, -0.2) is 9.78 Å². The minimum absolute atomic E-state index is 0.0189. The highest BCUT2D eigenvalue weighted by atomic mass is 16.7. The molecule has 4 rings (SSSR count). The number of rotatable bonds is 3. The van der Waals surface area contributed by atoms with Crippen LogP contribution in [0.1, 0.15) is 20.8 Å². The Morgan fingerprint density at radius 1 is 1.00 bits per heavy atom. The molecule has 1 fully saturated rings. The maximum Gasteiger partial charge on any atom is 0.354 e. The summed E-state index contributed by atoms with van der Waals surface area (Å²) in [6.45, 7) is 2.65. The highest BCUT2D eigenvalue weighted by Crippen LogP contribution is 2.33. The smallest absolute Gasteiger partial charge is 0.354 e. The van der Waals surface area contributed by atoms with Gasteiger partial charge in [0.2, 0.25) is 6.79 Å². The van der Waals surface area contributed by atoms with Crippen LogP contribution in [0.5, 0.6) is 11.5 Å². The van der Waals surface area contributed by atoms with Crippen molar-refractivity contribution < 1.29 is 24.2 Å². The molecule has 2 aromatic rings. The van der Waals surface area contributed by atoms with Crippen LogP contribution in [0.4, 0.5) is 5.69 Å². The van der Waals surface area contributed by atoms with Crippen LogP contribution in [-0.2, 0) is 0 Å². The van der Waals surface area contributed by atoms with Gasteiger partial charge >= 0.3 is 5.97 Å². The minimum Gasteiger partial charge on any atom is -0.477 e. The van der Waals surface area contributed by atoms with E-state index in [0.29, 0.717) is 43.2 Å². The second kappa shape index (κ2) is 6.55. The first-order valence-electron chi connectivity index (χ1n) is 8.25. The van der Waals surface area contributed by atoms with Gasteiger partial charge in [0.05, 0.1) is 11.9 Å². The van der Waals surface area contributed by atoms with Gasteiger partial charge in [-0.1, -0.05) is 0 Å². The number of hydrogen-bond acceptors (Lipinski definition) is 6. The fourth-order valence-corrected chi connectivity index (χ4v) is 3.08. The standard InChI is InChI=1S/C18H17N3O5/c22-17(12-1-4-15-16(9-12)26-11-25-15)21-7-5-20(6-8-21)13-2-3-14(18(23)24)19-10-13/h1-4,9-10H,5-8,11H2,(H,23,24). The number of nitrogens with zero attached hydrogens (tertiary/aromatic N) is 3. The zero-order valence-corrected chi connectivity index (χ0v) is 13.9. The van der Waals surface area contributed by atoms with Crippen LogP contribution in [-0.4, -0.2) is 59.8 Å². The molecule has 1 aromatic heterocycles. The Kier molecular flexibility index (Phi) is 4.08. The van der Waals surface area contributed by atoms with E-state index >= 15 is 0 Å². The summed E-state index contributed by atoms with van der Waals surface area (Å²) in [5.41, 5.74) is 1.45. The molecule has 0 radical (unpaired) electrons. The molecule has 8 nitrogen and oxygen atoms in total. The van der Waals surface area contributed by atoms with Gasteiger partial charge in [-0.3, -0.25) is 4.79 Å². The molecule has 0 aliphatic carbocycles. The SMILES string of the molecule is O=C(O)c1ccc(N2CCN(C(=O)c3ccc4c(c3)OCO4)CC2)cn1. The van der Waals surface area contributed by atoms with E-state index in [0.717, 1.165) is 5.69 Å². The van der Waals surface area contributed by atoms with Crippen molar-refractivity contribution in [3.63, 3.8) is 0 Å². The molecule has 0 spiro atoms. The minimum atomic E-state index is -1.05. The van der Waals surface area contributed by atoms with Gasteiger partial charge in [0.25, 0.3) is 5.91 Å². The summed E-state index contributed by atoms with van der Waals surface area (Å²) in [4.78, 5) is 31.4.